The summed E-state index contributed by atoms with van der Waals surface area (Å²) in [5, 5.41) is 8.04. The van der Waals surface area contributed by atoms with Crippen molar-refractivity contribution < 1.29 is 9.32 Å². The number of benzene rings is 3. The third kappa shape index (κ3) is 3.81. The van der Waals surface area contributed by atoms with Gasteiger partial charge >= 0.3 is 5.76 Å². The highest BCUT2D eigenvalue weighted by atomic mass is 35.5. The van der Waals surface area contributed by atoms with Crippen molar-refractivity contribution in [1.82, 2.24) is 14.7 Å². The molecule has 8 heteroatoms. The van der Waals surface area contributed by atoms with Crippen LogP contribution in [0.4, 0.5) is 5.69 Å². The summed E-state index contributed by atoms with van der Waals surface area (Å²) in [5.74, 6) is -0.815. The molecular weight excluding hydrogens is 428 g/mol. The molecule has 0 saturated carbocycles. The van der Waals surface area contributed by atoms with Crippen LogP contribution in [0.2, 0.25) is 5.02 Å². The highest BCUT2D eigenvalue weighted by Gasteiger charge is 2.19. The number of para-hydroxylation sites is 1. The topological polar surface area (TPSA) is 92.9 Å². The molecule has 2 N–H and O–H groups in total. The van der Waals surface area contributed by atoms with Gasteiger partial charge in [-0.3, -0.25) is 14.3 Å². The van der Waals surface area contributed by atoms with Crippen LogP contribution in [0.3, 0.4) is 0 Å². The smallest absolute Gasteiger partial charge is 0.332 e. The molecule has 0 aliphatic rings. The van der Waals surface area contributed by atoms with Crippen LogP contribution in [-0.4, -0.2) is 20.6 Å². The standard InChI is InChI=1S/C24H17ClN4O3/c25-17-10-11-19(18(13-17)22-27-24(31)32-28-22)26-23(30)21-12-16-8-4-5-9-20(16)29(21)14-15-6-2-1-3-7-15/h1-13H,14H2,(H,26,30)(H,27,28,31). The Bertz CT molecular complexity index is 1480. The fraction of sp³-hybridized carbons (Fsp3) is 0.0417. The number of carbonyl (C=O) groups excluding carboxylic acids is 1. The van der Waals surface area contributed by atoms with Crippen molar-refractivity contribution in [2.24, 2.45) is 0 Å². The van der Waals surface area contributed by atoms with E-state index in [1.807, 2.05) is 65.2 Å². The molecule has 5 aromatic rings. The van der Waals surface area contributed by atoms with Gasteiger partial charge in [-0.2, -0.15) is 0 Å². The van der Waals surface area contributed by atoms with Gasteiger partial charge in [-0.1, -0.05) is 65.3 Å². The Labute approximate surface area is 187 Å². The van der Waals surface area contributed by atoms with Gasteiger partial charge in [0.25, 0.3) is 5.91 Å². The molecule has 7 nitrogen and oxygen atoms in total. The molecule has 1 amide bonds. The predicted octanol–water partition coefficient (Wildman–Crippen LogP) is 4.94. The fourth-order valence-corrected chi connectivity index (χ4v) is 3.86. The first-order chi connectivity index (χ1) is 15.6. The van der Waals surface area contributed by atoms with E-state index in [0.29, 0.717) is 28.5 Å². The van der Waals surface area contributed by atoms with Crippen molar-refractivity contribution in [3.63, 3.8) is 0 Å². The molecule has 0 aliphatic heterocycles. The van der Waals surface area contributed by atoms with E-state index < -0.39 is 5.76 Å². The van der Waals surface area contributed by atoms with Crippen LogP contribution in [0.15, 0.2) is 88.2 Å². The maximum atomic E-state index is 13.4. The van der Waals surface area contributed by atoms with Crippen LogP contribution in [0, 0.1) is 0 Å². The van der Waals surface area contributed by atoms with Crippen LogP contribution in [0.5, 0.6) is 0 Å². The average molecular weight is 445 g/mol. The van der Waals surface area contributed by atoms with Gasteiger partial charge in [0.15, 0.2) is 5.82 Å². The minimum Gasteiger partial charge on any atom is -0.332 e. The Balaban J connectivity index is 1.55. The van der Waals surface area contributed by atoms with E-state index in [0.717, 1.165) is 16.5 Å². The van der Waals surface area contributed by atoms with Gasteiger partial charge in [0, 0.05) is 28.0 Å². The molecule has 5 rings (SSSR count). The van der Waals surface area contributed by atoms with E-state index >= 15 is 0 Å². The normalized spacial score (nSPS) is 11.0. The maximum Gasteiger partial charge on any atom is 0.439 e. The van der Waals surface area contributed by atoms with E-state index in [2.05, 4.69) is 20.0 Å². The molecule has 2 heterocycles. The molecule has 158 valence electrons. The first-order valence-corrected chi connectivity index (χ1v) is 10.3. The van der Waals surface area contributed by atoms with Crippen molar-refractivity contribution in [1.29, 1.82) is 0 Å². The largest absolute Gasteiger partial charge is 0.439 e. The number of H-pyrrole nitrogens is 1. The number of fused-ring (bicyclic) bond motifs is 1. The van der Waals surface area contributed by atoms with Gasteiger partial charge < -0.3 is 9.88 Å². The number of anilines is 1. The first-order valence-electron chi connectivity index (χ1n) is 9.88. The number of nitrogens with one attached hydrogen (secondary N) is 2. The molecule has 32 heavy (non-hydrogen) atoms. The zero-order valence-electron chi connectivity index (χ0n) is 16.7. The molecule has 2 aromatic heterocycles. The van der Waals surface area contributed by atoms with Gasteiger partial charge in [-0.15, -0.1) is 0 Å². The summed E-state index contributed by atoms with van der Waals surface area (Å²) < 4.78 is 6.59. The Morgan fingerprint density at radius 1 is 1.03 bits per heavy atom. The van der Waals surface area contributed by atoms with Crippen molar-refractivity contribution in [2.75, 3.05) is 5.32 Å². The number of aromatic amines is 1. The highest BCUT2D eigenvalue weighted by molar-refractivity contribution is 6.31. The van der Waals surface area contributed by atoms with Gasteiger partial charge in [0.1, 0.15) is 5.69 Å². The van der Waals surface area contributed by atoms with E-state index in [1.54, 1.807) is 18.2 Å². The number of carbonyl (C=O) groups is 1. The number of rotatable bonds is 5. The second-order valence-corrected chi connectivity index (χ2v) is 7.68. The number of amides is 1. The Morgan fingerprint density at radius 2 is 1.81 bits per heavy atom. The third-order valence-electron chi connectivity index (χ3n) is 5.15. The van der Waals surface area contributed by atoms with Crippen LogP contribution in [0.25, 0.3) is 22.3 Å². The molecule has 0 spiro atoms. The highest BCUT2D eigenvalue weighted by Crippen LogP contribution is 2.29. The first kappa shape index (κ1) is 19.8. The van der Waals surface area contributed by atoms with E-state index in [-0.39, 0.29) is 11.7 Å². The van der Waals surface area contributed by atoms with Crippen molar-refractivity contribution in [2.45, 2.75) is 6.54 Å². The Morgan fingerprint density at radius 3 is 2.59 bits per heavy atom. The van der Waals surface area contributed by atoms with Crippen molar-refractivity contribution in [3.8, 4) is 11.4 Å². The number of nitrogens with zero attached hydrogens (tertiary/aromatic N) is 2. The van der Waals surface area contributed by atoms with Gasteiger partial charge in [-0.25, -0.2) is 4.79 Å². The summed E-state index contributed by atoms with van der Waals surface area (Å²) in [5.41, 5.74) is 3.43. The lowest BCUT2D eigenvalue weighted by atomic mass is 10.1. The van der Waals surface area contributed by atoms with Crippen LogP contribution in [-0.2, 0) is 6.54 Å². The lowest BCUT2D eigenvalue weighted by molar-refractivity contribution is 0.101. The second-order valence-electron chi connectivity index (χ2n) is 7.25. The Hall–Kier alpha value is -4.10. The summed E-state index contributed by atoms with van der Waals surface area (Å²) in [4.78, 5) is 27.3. The molecule has 0 atom stereocenters. The molecule has 0 saturated heterocycles. The summed E-state index contributed by atoms with van der Waals surface area (Å²) in [7, 11) is 0. The van der Waals surface area contributed by atoms with Gasteiger partial charge in [-0.05, 0) is 35.9 Å². The lowest BCUT2D eigenvalue weighted by Crippen LogP contribution is -2.18. The fourth-order valence-electron chi connectivity index (χ4n) is 3.69. The van der Waals surface area contributed by atoms with E-state index in [1.165, 1.54) is 0 Å². The minimum atomic E-state index is -0.694. The second kappa shape index (κ2) is 8.20. The number of hydrogen-bond acceptors (Lipinski definition) is 4. The Kier molecular flexibility index (Phi) is 5.09. The van der Waals surface area contributed by atoms with Crippen LogP contribution >= 0.6 is 11.6 Å². The monoisotopic (exact) mass is 444 g/mol. The van der Waals surface area contributed by atoms with Crippen LogP contribution < -0.4 is 11.1 Å². The molecule has 0 fully saturated rings. The van der Waals surface area contributed by atoms with Crippen LogP contribution in [0.1, 0.15) is 16.1 Å². The lowest BCUT2D eigenvalue weighted by Gasteiger charge is -2.13. The number of hydrogen-bond donors (Lipinski definition) is 2. The zero-order chi connectivity index (χ0) is 22.1. The zero-order valence-corrected chi connectivity index (χ0v) is 17.5. The molecular formula is C24H17ClN4O3. The molecule has 0 unspecified atom stereocenters. The van der Waals surface area contributed by atoms with E-state index in [9.17, 15) is 9.59 Å². The quantitative estimate of drug-likeness (QED) is 0.401. The molecule has 0 bridgehead atoms. The number of halogens is 1. The number of aromatic nitrogens is 3. The summed E-state index contributed by atoms with van der Waals surface area (Å²) in [6, 6.07) is 24.6. The van der Waals surface area contributed by atoms with E-state index in [4.69, 9.17) is 11.6 Å². The molecule has 0 radical (unpaired) electrons. The summed E-state index contributed by atoms with van der Waals surface area (Å²) in [6.45, 7) is 0.543. The minimum absolute atomic E-state index is 0.178. The predicted molar refractivity (Wildman–Crippen MR) is 123 cm³/mol. The van der Waals surface area contributed by atoms with Gasteiger partial charge in [0.2, 0.25) is 0 Å². The average Bonchev–Trinajstić information content (AvgIpc) is 3.40. The SMILES string of the molecule is O=C(Nc1ccc(Cl)cc1-c1noc(=O)[nH]1)c1cc2ccccc2n1Cc1ccccc1. The maximum absolute atomic E-state index is 13.4. The summed E-state index contributed by atoms with van der Waals surface area (Å²) in [6.07, 6.45) is 0. The van der Waals surface area contributed by atoms with Crippen molar-refractivity contribution in [3.05, 3.63) is 106 Å². The third-order valence-corrected chi connectivity index (χ3v) is 5.39. The summed E-state index contributed by atoms with van der Waals surface area (Å²) >= 11 is 6.13. The van der Waals surface area contributed by atoms with Crippen molar-refractivity contribution >= 4 is 34.1 Å². The molecule has 0 aliphatic carbocycles. The van der Waals surface area contributed by atoms with Gasteiger partial charge in [0.05, 0.1) is 5.69 Å². The molecule has 3 aromatic carbocycles.